The molecule has 1 atom stereocenters. The van der Waals surface area contributed by atoms with E-state index in [1.807, 2.05) is 0 Å². The molecule has 1 aromatic carbocycles. The molecule has 1 aromatic rings. The summed E-state index contributed by atoms with van der Waals surface area (Å²) in [5, 5.41) is 3.46. The van der Waals surface area contributed by atoms with Crippen molar-refractivity contribution in [2.75, 3.05) is 26.2 Å². The third-order valence-corrected chi connectivity index (χ3v) is 3.46. The monoisotopic (exact) mass is 384 g/mol. The second kappa shape index (κ2) is 8.65. The molecular formula is C12H15Cl4F3N2. The standard InChI is InChI=1S/C12H13Cl2F3N2.2ClH/c13-9-5-8(6-10(14)7-9)11(12(15,16)17)19-3-1-18-2-4-19;;/h5-7,11,18H,1-4H2;2*1H/t11-;;/m0../s1. The van der Waals surface area contributed by atoms with Crippen LogP contribution in [0.3, 0.4) is 0 Å². The molecule has 21 heavy (non-hydrogen) atoms. The molecule has 0 unspecified atom stereocenters. The van der Waals surface area contributed by atoms with Crippen molar-refractivity contribution in [2.45, 2.75) is 12.2 Å². The first kappa shape index (κ1) is 21.1. The van der Waals surface area contributed by atoms with Crippen LogP contribution in [0.4, 0.5) is 13.2 Å². The number of halogens is 7. The summed E-state index contributed by atoms with van der Waals surface area (Å²) >= 11 is 11.6. The van der Waals surface area contributed by atoms with Crippen molar-refractivity contribution >= 4 is 48.0 Å². The Balaban J connectivity index is 0.00000200. The summed E-state index contributed by atoms with van der Waals surface area (Å²) in [7, 11) is 0. The highest BCUT2D eigenvalue weighted by molar-refractivity contribution is 6.34. The minimum Gasteiger partial charge on any atom is -0.314 e. The Morgan fingerprint density at radius 2 is 1.48 bits per heavy atom. The zero-order valence-electron chi connectivity index (χ0n) is 10.8. The highest BCUT2D eigenvalue weighted by Crippen LogP contribution is 2.39. The van der Waals surface area contributed by atoms with E-state index in [0.29, 0.717) is 26.2 Å². The Morgan fingerprint density at radius 3 is 1.90 bits per heavy atom. The van der Waals surface area contributed by atoms with Crippen LogP contribution >= 0.6 is 48.0 Å². The van der Waals surface area contributed by atoms with E-state index >= 15 is 0 Å². The molecule has 1 aliphatic heterocycles. The average molecular weight is 386 g/mol. The lowest BCUT2D eigenvalue weighted by atomic mass is 10.0. The Labute approximate surface area is 143 Å². The van der Waals surface area contributed by atoms with Gasteiger partial charge in [0.05, 0.1) is 0 Å². The van der Waals surface area contributed by atoms with E-state index in [4.69, 9.17) is 23.2 Å². The lowest BCUT2D eigenvalue weighted by molar-refractivity contribution is -0.187. The maximum atomic E-state index is 13.3. The van der Waals surface area contributed by atoms with Gasteiger partial charge in [-0.3, -0.25) is 4.90 Å². The predicted molar refractivity (Wildman–Crippen MR) is 84.2 cm³/mol. The molecule has 2 nitrogen and oxygen atoms in total. The molecular weight excluding hydrogens is 371 g/mol. The average Bonchev–Trinajstić information content (AvgIpc) is 2.27. The number of piperazine rings is 1. The second-order valence-corrected chi connectivity index (χ2v) is 5.31. The SMILES string of the molecule is Cl.Cl.FC(F)(F)[C@H](c1cc(Cl)cc(Cl)c1)N1CCNCC1. The van der Waals surface area contributed by atoms with Gasteiger partial charge in [0.2, 0.25) is 0 Å². The van der Waals surface area contributed by atoms with E-state index in [1.54, 1.807) is 0 Å². The van der Waals surface area contributed by atoms with Gasteiger partial charge in [-0.15, -0.1) is 24.8 Å². The molecule has 0 saturated carbocycles. The minimum atomic E-state index is -4.36. The molecule has 1 heterocycles. The van der Waals surface area contributed by atoms with Gasteiger partial charge in [0.15, 0.2) is 0 Å². The molecule has 1 aliphatic rings. The maximum Gasteiger partial charge on any atom is 0.408 e. The summed E-state index contributed by atoms with van der Waals surface area (Å²) in [6.07, 6.45) is -4.36. The fourth-order valence-electron chi connectivity index (χ4n) is 2.28. The van der Waals surface area contributed by atoms with Crippen molar-refractivity contribution in [3.8, 4) is 0 Å². The third kappa shape index (κ3) is 5.66. The van der Waals surface area contributed by atoms with Gasteiger partial charge in [0, 0.05) is 36.2 Å². The quantitative estimate of drug-likeness (QED) is 0.814. The number of hydrogen-bond acceptors (Lipinski definition) is 2. The van der Waals surface area contributed by atoms with Crippen molar-refractivity contribution in [1.29, 1.82) is 0 Å². The topological polar surface area (TPSA) is 15.3 Å². The normalized spacial score (nSPS) is 17.6. The third-order valence-electron chi connectivity index (χ3n) is 3.03. The first-order valence-corrected chi connectivity index (χ1v) is 6.61. The molecule has 2 rings (SSSR count). The van der Waals surface area contributed by atoms with E-state index in [0.717, 1.165) is 0 Å². The van der Waals surface area contributed by atoms with Crippen LogP contribution in [0.1, 0.15) is 11.6 Å². The molecule has 9 heteroatoms. The maximum absolute atomic E-state index is 13.3. The van der Waals surface area contributed by atoms with Gasteiger partial charge in [-0.05, 0) is 23.8 Å². The molecule has 0 radical (unpaired) electrons. The van der Waals surface area contributed by atoms with Crippen molar-refractivity contribution in [3.05, 3.63) is 33.8 Å². The molecule has 0 bridgehead atoms. The van der Waals surface area contributed by atoms with E-state index in [2.05, 4.69) is 5.32 Å². The summed E-state index contributed by atoms with van der Waals surface area (Å²) in [6.45, 7) is 1.77. The number of alkyl halides is 3. The smallest absolute Gasteiger partial charge is 0.314 e. The molecule has 0 amide bonds. The van der Waals surface area contributed by atoms with Gasteiger partial charge in [0.25, 0.3) is 0 Å². The van der Waals surface area contributed by atoms with Crippen LogP contribution in [0.5, 0.6) is 0 Å². The Hall–Kier alpha value is 0.0900. The van der Waals surface area contributed by atoms with Gasteiger partial charge in [-0.1, -0.05) is 23.2 Å². The predicted octanol–water partition coefficient (Wildman–Crippen LogP) is 4.35. The lowest BCUT2D eigenvalue weighted by Crippen LogP contribution is -2.49. The fraction of sp³-hybridized carbons (Fsp3) is 0.500. The number of rotatable bonds is 2. The molecule has 0 spiro atoms. The number of nitrogens with zero attached hydrogens (tertiary/aromatic N) is 1. The second-order valence-electron chi connectivity index (χ2n) is 4.43. The first-order chi connectivity index (χ1) is 8.88. The van der Waals surface area contributed by atoms with E-state index in [9.17, 15) is 13.2 Å². The van der Waals surface area contributed by atoms with Gasteiger partial charge in [0.1, 0.15) is 6.04 Å². The Bertz CT molecular complexity index is 430. The largest absolute Gasteiger partial charge is 0.408 e. The van der Waals surface area contributed by atoms with Crippen molar-refractivity contribution in [1.82, 2.24) is 10.2 Å². The summed E-state index contributed by atoms with van der Waals surface area (Å²) in [5.74, 6) is 0. The Morgan fingerprint density at radius 1 is 1.00 bits per heavy atom. The van der Waals surface area contributed by atoms with Gasteiger partial charge in [-0.25, -0.2) is 0 Å². The summed E-state index contributed by atoms with van der Waals surface area (Å²) in [6, 6.07) is 2.42. The molecule has 1 saturated heterocycles. The van der Waals surface area contributed by atoms with E-state index in [-0.39, 0.29) is 40.4 Å². The van der Waals surface area contributed by atoms with Gasteiger partial charge < -0.3 is 5.32 Å². The van der Waals surface area contributed by atoms with Crippen LogP contribution in [-0.4, -0.2) is 37.3 Å². The number of benzene rings is 1. The highest BCUT2D eigenvalue weighted by atomic mass is 35.5. The van der Waals surface area contributed by atoms with E-state index in [1.165, 1.54) is 23.1 Å². The van der Waals surface area contributed by atoms with E-state index < -0.39 is 12.2 Å². The highest BCUT2D eigenvalue weighted by Gasteiger charge is 2.45. The van der Waals surface area contributed by atoms with Crippen LogP contribution in [-0.2, 0) is 0 Å². The summed E-state index contributed by atoms with van der Waals surface area (Å²) in [4.78, 5) is 1.40. The zero-order chi connectivity index (χ0) is 14.0. The molecule has 0 aromatic heterocycles. The molecule has 1 fully saturated rings. The fourth-order valence-corrected chi connectivity index (χ4v) is 2.82. The summed E-state index contributed by atoms with van der Waals surface area (Å²) < 4.78 is 39.9. The first-order valence-electron chi connectivity index (χ1n) is 5.85. The van der Waals surface area contributed by atoms with Gasteiger partial charge >= 0.3 is 6.18 Å². The Kier molecular flexibility index (Phi) is 8.69. The molecule has 122 valence electrons. The molecule has 1 N–H and O–H groups in total. The number of hydrogen-bond donors (Lipinski definition) is 1. The lowest BCUT2D eigenvalue weighted by Gasteiger charge is -2.36. The van der Waals surface area contributed by atoms with Crippen molar-refractivity contribution in [3.63, 3.8) is 0 Å². The number of nitrogens with one attached hydrogen (secondary N) is 1. The van der Waals surface area contributed by atoms with Crippen LogP contribution in [0.25, 0.3) is 0 Å². The van der Waals surface area contributed by atoms with Gasteiger partial charge in [-0.2, -0.15) is 13.2 Å². The summed E-state index contributed by atoms with van der Waals surface area (Å²) in [5.41, 5.74) is 0.0897. The van der Waals surface area contributed by atoms with Crippen molar-refractivity contribution in [2.24, 2.45) is 0 Å². The zero-order valence-corrected chi connectivity index (χ0v) is 13.9. The van der Waals surface area contributed by atoms with Crippen LogP contribution in [0, 0.1) is 0 Å². The van der Waals surface area contributed by atoms with Crippen LogP contribution in [0.15, 0.2) is 18.2 Å². The van der Waals surface area contributed by atoms with Crippen LogP contribution < -0.4 is 5.32 Å². The minimum absolute atomic E-state index is 0. The van der Waals surface area contributed by atoms with Crippen molar-refractivity contribution < 1.29 is 13.2 Å². The van der Waals surface area contributed by atoms with Crippen LogP contribution in [0.2, 0.25) is 10.0 Å². The molecule has 0 aliphatic carbocycles.